The Morgan fingerprint density at radius 2 is 1.88 bits per heavy atom. The van der Waals surface area contributed by atoms with E-state index >= 15 is 0 Å². The molecule has 0 spiro atoms. The lowest BCUT2D eigenvalue weighted by Gasteiger charge is -1.91. The zero-order valence-corrected chi connectivity index (χ0v) is 6.42. The Labute approximate surface area is 63.1 Å². The molecule has 0 saturated heterocycles. The van der Waals surface area contributed by atoms with Crippen LogP contribution in [0.3, 0.4) is 0 Å². The average Bonchev–Trinajstić information content (AvgIpc) is 1.77. The highest BCUT2D eigenvalue weighted by atomic mass is 127. The molecule has 0 atom stereocenters. The summed E-state index contributed by atoms with van der Waals surface area (Å²) < 4.78 is 1.12. The van der Waals surface area contributed by atoms with E-state index in [1.807, 2.05) is 24.3 Å². The highest BCUT2D eigenvalue weighted by molar-refractivity contribution is 14.1. The van der Waals surface area contributed by atoms with Crippen molar-refractivity contribution in [2.24, 2.45) is 0 Å². The number of benzene rings is 1. The second-order valence-corrected chi connectivity index (χ2v) is 2.68. The molecule has 8 heavy (non-hydrogen) atoms. The summed E-state index contributed by atoms with van der Waals surface area (Å²) in [4.78, 5) is 0. The fourth-order valence-electron chi connectivity index (χ4n) is 0.475. The predicted molar refractivity (Wildman–Crippen MR) is 42.6 cm³/mol. The van der Waals surface area contributed by atoms with Crippen molar-refractivity contribution in [3.63, 3.8) is 0 Å². The fourth-order valence-corrected chi connectivity index (χ4v) is 0.862. The third-order valence-electron chi connectivity index (χ3n) is 0.905. The lowest BCUT2D eigenvalue weighted by molar-refractivity contribution is 1.56. The van der Waals surface area contributed by atoms with Gasteiger partial charge < -0.3 is 0 Å². The summed E-state index contributed by atoms with van der Waals surface area (Å²) in [6.07, 6.45) is 0. The van der Waals surface area contributed by atoms with Crippen LogP contribution in [0.5, 0.6) is 0 Å². The molecule has 0 unspecified atom stereocenters. The molecule has 0 aromatic heterocycles. The molecule has 0 bridgehead atoms. The Morgan fingerprint density at radius 1 is 1.25 bits per heavy atom. The topological polar surface area (TPSA) is 0 Å². The summed E-state index contributed by atoms with van der Waals surface area (Å²) in [5, 5.41) is 0. The molecule has 0 heterocycles. The minimum atomic E-state index is 0.855. The van der Waals surface area contributed by atoms with Gasteiger partial charge in [0.2, 0.25) is 0 Å². The molecular weight excluding hydrogens is 211 g/mol. The van der Waals surface area contributed by atoms with Gasteiger partial charge in [-0.2, -0.15) is 0 Å². The van der Waals surface area contributed by atoms with E-state index in [0.29, 0.717) is 0 Å². The zero-order valence-electron chi connectivity index (χ0n) is 4.26. The van der Waals surface area contributed by atoms with Crippen molar-refractivity contribution in [2.75, 3.05) is 0 Å². The minimum absolute atomic E-state index is 0.855. The van der Waals surface area contributed by atoms with Crippen LogP contribution in [0.4, 0.5) is 0 Å². The molecule has 0 nitrogen and oxygen atoms in total. The van der Waals surface area contributed by atoms with Crippen LogP contribution in [0.15, 0.2) is 24.3 Å². The Balaban J connectivity index is 3.13. The van der Waals surface area contributed by atoms with Crippen molar-refractivity contribution < 1.29 is 0 Å². The molecule has 0 saturated carbocycles. The maximum absolute atomic E-state index is 5.51. The largest absolute Gasteiger partial charge is 0.0619 e. The van der Waals surface area contributed by atoms with Gasteiger partial charge in [-0.25, -0.2) is 0 Å². The van der Waals surface area contributed by atoms with Crippen LogP contribution in [-0.4, -0.2) is 0 Å². The normalized spacial score (nSPS) is 9.25. The van der Waals surface area contributed by atoms with Crippen molar-refractivity contribution in [2.45, 2.75) is 0 Å². The minimum Gasteiger partial charge on any atom is -0.0619 e. The number of halogens is 1. The highest BCUT2D eigenvalue weighted by Gasteiger charge is 1.86. The lowest BCUT2D eigenvalue weighted by Crippen LogP contribution is -1.74. The molecule has 40 valence electrons. The number of hydrogen-bond donors (Lipinski definition) is 0. The first kappa shape index (κ1) is 6.08. The third-order valence-corrected chi connectivity index (χ3v) is 1.89. The van der Waals surface area contributed by atoms with Gasteiger partial charge >= 0.3 is 0 Å². The van der Waals surface area contributed by atoms with Crippen LogP contribution in [-0.2, 0) is 0 Å². The maximum atomic E-state index is 5.51. The Kier molecular flexibility index (Phi) is 1.89. The van der Waals surface area contributed by atoms with Gasteiger partial charge in [0, 0.05) is 3.57 Å². The smallest absolute Gasteiger partial charge is 0.0165 e. The summed E-state index contributed by atoms with van der Waals surface area (Å²) >= 11 is 2.20. The van der Waals surface area contributed by atoms with E-state index in [-0.39, 0.29) is 0 Å². The van der Waals surface area contributed by atoms with Crippen molar-refractivity contribution in [3.05, 3.63) is 40.3 Å². The zero-order chi connectivity index (χ0) is 5.98. The molecular formula is C7H5I. The van der Waals surface area contributed by atoms with Crippen LogP contribution in [0.25, 0.3) is 0 Å². The molecule has 0 amide bonds. The van der Waals surface area contributed by atoms with E-state index in [1.54, 1.807) is 0 Å². The van der Waals surface area contributed by atoms with E-state index in [2.05, 4.69) is 22.6 Å². The molecule has 0 N–H and O–H groups in total. The molecule has 0 aliphatic carbocycles. The average molecular weight is 216 g/mol. The molecule has 0 aliphatic rings. The van der Waals surface area contributed by atoms with Crippen molar-refractivity contribution in [3.8, 4) is 0 Å². The fraction of sp³-hybridized carbons (Fsp3) is 0. The van der Waals surface area contributed by atoms with Crippen LogP contribution in [0.2, 0.25) is 0 Å². The number of hydrogen-bond acceptors (Lipinski definition) is 0. The van der Waals surface area contributed by atoms with Gasteiger partial charge in [-0.05, 0) is 41.1 Å². The first-order chi connectivity index (χ1) is 3.80. The van der Waals surface area contributed by atoms with E-state index in [1.165, 1.54) is 0 Å². The SMILES string of the molecule is [CH]c1ccccc1I. The standard InChI is InChI=1S/C7H5I/c1-6-4-2-3-5-7(6)8/h1-5H. The Bertz CT molecular complexity index is 160. The molecule has 0 fully saturated rings. The van der Waals surface area contributed by atoms with Crippen LogP contribution in [0, 0.1) is 10.5 Å². The summed E-state index contributed by atoms with van der Waals surface area (Å²) in [6.45, 7) is 5.51. The van der Waals surface area contributed by atoms with Gasteiger partial charge in [-0.15, -0.1) is 0 Å². The molecule has 0 aliphatic heterocycles. The molecule has 1 aromatic carbocycles. The summed E-state index contributed by atoms with van der Waals surface area (Å²) in [7, 11) is 0. The first-order valence-corrected chi connectivity index (χ1v) is 3.38. The van der Waals surface area contributed by atoms with Gasteiger partial charge in [0.05, 0.1) is 0 Å². The summed E-state index contributed by atoms with van der Waals surface area (Å²) in [6, 6.07) is 7.77. The summed E-state index contributed by atoms with van der Waals surface area (Å²) in [5.74, 6) is 0. The first-order valence-electron chi connectivity index (χ1n) is 2.31. The van der Waals surface area contributed by atoms with Gasteiger partial charge in [-0.3, -0.25) is 0 Å². The van der Waals surface area contributed by atoms with E-state index in [0.717, 1.165) is 9.13 Å². The van der Waals surface area contributed by atoms with Crippen molar-refractivity contribution in [1.29, 1.82) is 0 Å². The Hall–Kier alpha value is -0.0500. The van der Waals surface area contributed by atoms with Gasteiger partial charge in [0.25, 0.3) is 0 Å². The van der Waals surface area contributed by atoms with Crippen molar-refractivity contribution >= 4 is 22.6 Å². The van der Waals surface area contributed by atoms with E-state index in [9.17, 15) is 0 Å². The predicted octanol–water partition coefficient (Wildman–Crippen LogP) is 2.35. The third kappa shape index (κ3) is 1.22. The van der Waals surface area contributed by atoms with Gasteiger partial charge in [0.1, 0.15) is 0 Å². The molecule has 1 aromatic rings. The second kappa shape index (κ2) is 2.49. The monoisotopic (exact) mass is 216 g/mol. The van der Waals surface area contributed by atoms with Crippen molar-refractivity contribution in [1.82, 2.24) is 0 Å². The lowest BCUT2D eigenvalue weighted by atomic mass is 10.2. The summed E-state index contributed by atoms with van der Waals surface area (Å²) in [5.41, 5.74) is 0.855. The van der Waals surface area contributed by atoms with E-state index in [4.69, 9.17) is 6.92 Å². The molecule has 2 radical (unpaired) electrons. The molecule has 1 rings (SSSR count). The van der Waals surface area contributed by atoms with Crippen LogP contribution in [0.1, 0.15) is 5.56 Å². The number of rotatable bonds is 0. The van der Waals surface area contributed by atoms with Crippen LogP contribution >= 0.6 is 22.6 Å². The molecule has 1 heteroatoms. The highest BCUT2D eigenvalue weighted by Crippen LogP contribution is 2.08. The second-order valence-electron chi connectivity index (χ2n) is 1.52. The van der Waals surface area contributed by atoms with Gasteiger partial charge in [0.15, 0.2) is 0 Å². The Morgan fingerprint density at radius 3 is 2.25 bits per heavy atom. The van der Waals surface area contributed by atoms with Crippen LogP contribution < -0.4 is 0 Å². The van der Waals surface area contributed by atoms with E-state index < -0.39 is 0 Å². The van der Waals surface area contributed by atoms with Gasteiger partial charge in [-0.1, -0.05) is 18.2 Å². The maximum Gasteiger partial charge on any atom is 0.0165 e. The quantitative estimate of drug-likeness (QED) is 0.584.